The van der Waals surface area contributed by atoms with E-state index < -0.39 is 23.2 Å². The number of alkyl halides is 3. The summed E-state index contributed by atoms with van der Waals surface area (Å²) in [5, 5.41) is 20.1. The van der Waals surface area contributed by atoms with Crippen LogP contribution in [0.2, 0.25) is 0 Å². The molecular weight excluding hydrogens is 299 g/mol. The molecule has 0 saturated carbocycles. The van der Waals surface area contributed by atoms with Crippen LogP contribution in [0.25, 0.3) is 0 Å². The van der Waals surface area contributed by atoms with E-state index in [2.05, 4.69) is 0 Å². The van der Waals surface area contributed by atoms with Gasteiger partial charge in [-0.15, -0.1) is 0 Å². The van der Waals surface area contributed by atoms with Gasteiger partial charge in [-0.25, -0.2) is 0 Å². The van der Waals surface area contributed by atoms with Crippen LogP contribution >= 0.6 is 0 Å². The lowest BCUT2D eigenvalue weighted by Crippen LogP contribution is -2.52. The number of hydrogen-bond donors (Lipinski definition) is 3. The Bertz CT molecular complexity index is 553. The molecule has 0 bridgehead atoms. The van der Waals surface area contributed by atoms with Gasteiger partial charge in [0.2, 0.25) is 0 Å². The van der Waals surface area contributed by atoms with E-state index in [4.69, 9.17) is 5.73 Å². The number of benzene rings is 1. The Morgan fingerprint density at radius 3 is 1.68 bits per heavy atom. The average molecular weight is 319 g/mol. The Morgan fingerprint density at radius 1 is 1.09 bits per heavy atom. The molecule has 0 aliphatic heterocycles. The maximum atomic E-state index is 13.2. The molecule has 22 heavy (non-hydrogen) atoms. The topological polar surface area (TPSA) is 83.5 Å². The molecule has 1 aromatic rings. The van der Waals surface area contributed by atoms with Crippen molar-refractivity contribution in [2.24, 2.45) is 5.73 Å². The molecule has 0 radical (unpaired) electrons. The number of primary amides is 1. The van der Waals surface area contributed by atoms with Crippen molar-refractivity contribution in [2.75, 3.05) is 0 Å². The first-order valence-electron chi connectivity index (χ1n) is 6.80. The Morgan fingerprint density at radius 2 is 1.45 bits per heavy atom. The van der Waals surface area contributed by atoms with Gasteiger partial charge >= 0.3 is 6.18 Å². The maximum absolute atomic E-state index is 13.2. The number of rotatable bonds is 4. The lowest BCUT2D eigenvalue weighted by molar-refractivity contribution is -0.255. The van der Waals surface area contributed by atoms with Crippen molar-refractivity contribution in [1.29, 1.82) is 0 Å². The number of nitrogens with two attached hydrogens (primary N) is 1. The van der Waals surface area contributed by atoms with Crippen molar-refractivity contribution in [3.8, 4) is 5.75 Å². The minimum Gasteiger partial charge on any atom is -0.507 e. The van der Waals surface area contributed by atoms with Crippen LogP contribution in [0, 0.1) is 0 Å². The molecule has 1 aromatic carbocycles. The predicted molar refractivity (Wildman–Crippen MR) is 75.4 cm³/mol. The molecule has 0 aromatic heterocycles. The highest BCUT2D eigenvalue weighted by Crippen LogP contribution is 2.43. The highest BCUT2D eigenvalue weighted by atomic mass is 19.4. The van der Waals surface area contributed by atoms with E-state index in [0.29, 0.717) is 0 Å². The normalized spacial score (nSPS) is 15.2. The van der Waals surface area contributed by atoms with Crippen LogP contribution < -0.4 is 5.73 Å². The van der Waals surface area contributed by atoms with Crippen LogP contribution in [0.15, 0.2) is 12.1 Å². The van der Waals surface area contributed by atoms with Gasteiger partial charge in [-0.05, 0) is 35.1 Å². The minimum absolute atomic E-state index is 0.136. The van der Waals surface area contributed by atoms with E-state index >= 15 is 0 Å². The molecule has 0 saturated heterocycles. The molecule has 0 spiro atoms. The van der Waals surface area contributed by atoms with E-state index in [1.54, 1.807) is 27.7 Å². The molecule has 1 atom stereocenters. The summed E-state index contributed by atoms with van der Waals surface area (Å²) < 4.78 is 39.6. The summed E-state index contributed by atoms with van der Waals surface area (Å²) in [6.07, 6.45) is -5.27. The third-order valence-corrected chi connectivity index (χ3v) is 3.60. The predicted octanol–water partition coefficient (Wildman–Crippen LogP) is 2.87. The smallest absolute Gasteiger partial charge is 0.430 e. The highest BCUT2D eigenvalue weighted by molar-refractivity contribution is 5.86. The monoisotopic (exact) mass is 319 g/mol. The SMILES string of the molecule is CC(C)c1cc([C@@](O)(C(N)=O)C(F)(F)F)cc(C(C)C)c1O. The highest BCUT2D eigenvalue weighted by Gasteiger charge is 2.60. The zero-order chi connectivity index (χ0) is 17.5. The number of amides is 1. The fourth-order valence-corrected chi connectivity index (χ4v) is 2.21. The second kappa shape index (κ2) is 5.79. The summed E-state index contributed by atoms with van der Waals surface area (Å²) in [5.41, 5.74) is 0.754. The number of hydrogen-bond acceptors (Lipinski definition) is 3. The van der Waals surface area contributed by atoms with Crippen LogP contribution in [0.3, 0.4) is 0 Å². The first-order chi connectivity index (χ1) is 9.84. The summed E-state index contributed by atoms with van der Waals surface area (Å²) in [6, 6.07) is 1.95. The van der Waals surface area contributed by atoms with E-state index in [0.717, 1.165) is 12.1 Å². The number of phenolic OH excluding ortho intramolecular Hbond substituents is 1. The summed E-state index contributed by atoms with van der Waals surface area (Å²) >= 11 is 0. The molecule has 4 nitrogen and oxygen atoms in total. The molecule has 0 aliphatic rings. The summed E-state index contributed by atoms with van der Waals surface area (Å²) in [6.45, 7) is 6.72. The fourth-order valence-electron chi connectivity index (χ4n) is 2.21. The van der Waals surface area contributed by atoms with Crippen molar-refractivity contribution in [1.82, 2.24) is 0 Å². The number of phenols is 1. The van der Waals surface area contributed by atoms with E-state index in [9.17, 15) is 28.2 Å². The molecular formula is C15H20F3NO3. The largest absolute Gasteiger partial charge is 0.507 e. The molecule has 0 unspecified atom stereocenters. The van der Waals surface area contributed by atoms with Gasteiger partial charge in [0.15, 0.2) is 0 Å². The Labute approximate surface area is 126 Å². The fraction of sp³-hybridized carbons (Fsp3) is 0.533. The summed E-state index contributed by atoms with van der Waals surface area (Å²) in [5.74, 6) is -2.65. The molecule has 7 heteroatoms. The number of halogens is 3. The first-order valence-corrected chi connectivity index (χ1v) is 6.80. The summed E-state index contributed by atoms with van der Waals surface area (Å²) in [7, 11) is 0. The maximum Gasteiger partial charge on any atom is 0.430 e. The van der Waals surface area contributed by atoms with Gasteiger partial charge in [0.05, 0.1) is 0 Å². The average Bonchev–Trinajstić information content (AvgIpc) is 2.35. The van der Waals surface area contributed by atoms with Gasteiger partial charge in [0.1, 0.15) is 5.75 Å². The van der Waals surface area contributed by atoms with Gasteiger partial charge in [-0.1, -0.05) is 27.7 Å². The first kappa shape index (κ1) is 18.3. The molecule has 0 aliphatic carbocycles. The molecule has 124 valence electrons. The summed E-state index contributed by atoms with van der Waals surface area (Å²) in [4.78, 5) is 11.3. The zero-order valence-electron chi connectivity index (χ0n) is 12.8. The van der Waals surface area contributed by atoms with Gasteiger partial charge < -0.3 is 15.9 Å². The van der Waals surface area contributed by atoms with Crippen molar-refractivity contribution in [3.05, 3.63) is 28.8 Å². The molecule has 1 rings (SSSR count). The Balaban J connectivity index is 3.76. The zero-order valence-corrected chi connectivity index (χ0v) is 12.8. The third kappa shape index (κ3) is 2.90. The van der Waals surface area contributed by atoms with Crippen molar-refractivity contribution in [3.63, 3.8) is 0 Å². The van der Waals surface area contributed by atoms with Gasteiger partial charge in [0, 0.05) is 5.56 Å². The second-order valence-electron chi connectivity index (χ2n) is 5.89. The van der Waals surface area contributed by atoms with E-state index in [-0.39, 0.29) is 28.7 Å². The van der Waals surface area contributed by atoms with Crippen LogP contribution in [0.1, 0.15) is 56.2 Å². The quantitative estimate of drug-likeness (QED) is 0.798. The molecule has 0 heterocycles. The van der Waals surface area contributed by atoms with Gasteiger partial charge in [-0.3, -0.25) is 4.79 Å². The lowest BCUT2D eigenvalue weighted by Gasteiger charge is -2.29. The second-order valence-corrected chi connectivity index (χ2v) is 5.89. The molecule has 4 N–H and O–H groups in total. The number of aromatic hydroxyl groups is 1. The van der Waals surface area contributed by atoms with E-state index in [1.807, 2.05) is 0 Å². The number of aliphatic hydroxyl groups is 1. The molecule has 0 fully saturated rings. The van der Waals surface area contributed by atoms with Crippen LogP contribution in [-0.2, 0) is 10.4 Å². The lowest BCUT2D eigenvalue weighted by atomic mass is 9.84. The third-order valence-electron chi connectivity index (χ3n) is 3.60. The Kier molecular flexibility index (Phi) is 4.82. The van der Waals surface area contributed by atoms with Crippen LogP contribution in [-0.4, -0.2) is 22.3 Å². The van der Waals surface area contributed by atoms with Crippen LogP contribution in [0.5, 0.6) is 5.75 Å². The molecule has 1 amide bonds. The van der Waals surface area contributed by atoms with Gasteiger partial charge in [0.25, 0.3) is 11.5 Å². The number of carbonyl (C=O) groups is 1. The Hall–Kier alpha value is -1.76. The minimum atomic E-state index is -5.27. The van der Waals surface area contributed by atoms with E-state index in [1.165, 1.54) is 0 Å². The van der Waals surface area contributed by atoms with Crippen molar-refractivity contribution < 1.29 is 28.2 Å². The van der Waals surface area contributed by atoms with Crippen molar-refractivity contribution >= 4 is 5.91 Å². The van der Waals surface area contributed by atoms with Crippen molar-refractivity contribution in [2.45, 2.75) is 51.3 Å². The van der Waals surface area contributed by atoms with Gasteiger partial charge in [-0.2, -0.15) is 13.2 Å². The van der Waals surface area contributed by atoms with Crippen LogP contribution in [0.4, 0.5) is 13.2 Å². The number of carbonyl (C=O) groups excluding carboxylic acids is 1. The standard InChI is InChI=1S/C15H20F3NO3/c1-7(2)10-5-9(6-11(8(3)4)12(10)20)14(22,13(19)21)15(16,17)18/h5-8,20,22H,1-4H3,(H2,19,21)/t14-/m1/s1.